The average Bonchev–Trinajstić information content (AvgIpc) is 2.70. The zero-order valence-corrected chi connectivity index (χ0v) is 15.8. The topological polar surface area (TPSA) is 0 Å². The van der Waals surface area contributed by atoms with Gasteiger partial charge in [0.1, 0.15) is 0 Å². The second-order valence-corrected chi connectivity index (χ2v) is 9.25. The molecule has 0 saturated carbocycles. The molecular weight excluding hydrogens is 283 g/mol. The Balaban J connectivity index is 2.13. The third kappa shape index (κ3) is 2.52. The molecule has 1 heteroatoms. The number of hydrogen-bond donors (Lipinski definition) is 0. The van der Waals surface area contributed by atoms with Crippen LogP contribution >= 0.6 is 9.24 Å². The predicted molar refractivity (Wildman–Crippen MR) is 101 cm³/mol. The van der Waals surface area contributed by atoms with E-state index in [1.165, 1.54) is 33.4 Å². The standard InChI is InChI=1S/C21H27P/c1-20(2,3)13-7-9-15-16-10-8-14(21(4,5)6)12-18(16)19(22)17(15)11-13/h7-12,19H,22H2,1-6H3. The molecule has 3 rings (SSSR count). The van der Waals surface area contributed by atoms with Gasteiger partial charge in [0.05, 0.1) is 0 Å². The summed E-state index contributed by atoms with van der Waals surface area (Å²) < 4.78 is 0. The Morgan fingerprint density at radius 1 is 0.682 bits per heavy atom. The summed E-state index contributed by atoms with van der Waals surface area (Å²) in [5, 5.41) is 0. The first-order valence-corrected chi connectivity index (χ1v) is 8.80. The zero-order chi connectivity index (χ0) is 16.3. The van der Waals surface area contributed by atoms with Crippen LogP contribution < -0.4 is 0 Å². The number of fused-ring (bicyclic) bond motifs is 3. The second-order valence-electron chi connectivity index (χ2n) is 8.58. The molecule has 1 atom stereocenters. The van der Waals surface area contributed by atoms with Crippen molar-refractivity contribution in [1.82, 2.24) is 0 Å². The van der Waals surface area contributed by atoms with E-state index in [4.69, 9.17) is 0 Å². The molecular formula is C21H27P. The van der Waals surface area contributed by atoms with Crippen LogP contribution in [0.2, 0.25) is 0 Å². The summed E-state index contributed by atoms with van der Waals surface area (Å²) in [5.74, 6) is 0. The van der Waals surface area contributed by atoms with E-state index in [2.05, 4.69) is 87.2 Å². The molecule has 22 heavy (non-hydrogen) atoms. The van der Waals surface area contributed by atoms with Crippen molar-refractivity contribution < 1.29 is 0 Å². The van der Waals surface area contributed by atoms with E-state index in [0.717, 1.165) is 0 Å². The van der Waals surface area contributed by atoms with Gasteiger partial charge in [-0.2, -0.15) is 0 Å². The van der Waals surface area contributed by atoms with Crippen LogP contribution in [0.4, 0.5) is 0 Å². The van der Waals surface area contributed by atoms with Gasteiger partial charge < -0.3 is 0 Å². The Morgan fingerprint density at radius 3 is 1.36 bits per heavy atom. The van der Waals surface area contributed by atoms with Gasteiger partial charge in [0, 0.05) is 5.66 Å². The number of benzene rings is 2. The third-order valence-corrected chi connectivity index (χ3v) is 5.51. The molecule has 0 fully saturated rings. The SMILES string of the molecule is CC(C)(C)c1ccc2c(c1)C(P)c1cc(C(C)(C)C)ccc1-2. The molecule has 0 bridgehead atoms. The summed E-state index contributed by atoms with van der Waals surface area (Å²) >= 11 is 0. The zero-order valence-electron chi connectivity index (χ0n) is 14.6. The fourth-order valence-electron chi connectivity index (χ4n) is 3.23. The van der Waals surface area contributed by atoms with E-state index in [-0.39, 0.29) is 10.8 Å². The highest BCUT2D eigenvalue weighted by Crippen LogP contribution is 2.50. The van der Waals surface area contributed by atoms with Gasteiger partial charge >= 0.3 is 0 Å². The van der Waals surface area contributed by atoms with Crippen LogP contribution in [0, 0.1) is 0 Å². The smallest absolute Gasteiger partial charge is 0.0246 e. The average molecular weight is 310 g/mol. The van der Waals surface area contributed by atoms with Crippen LogP contribution in [0.5, 0.6) is 0 Å². The van der Waals surface area contributed by atoms with Gasteiger partial charge in [-0.15, -0.1) is 9.24 Å². The maximum Gasteiger partial charge on any atom is 0.0246 e. The lowest BCUT2D eigenvalue weighted by Crippen LogP contribution is -2.11. The molecule has 1 aliphatic carbocycles. The highest BCUT2D eigenvalue weighted by atomic mass is 31.0. The first-order valence-electron chi connectivity index (χ1n) is 8.14. The lowest BCUT2D eigenvalue weighted by atomic mass is 9.85. The van der Waals surface area contributed by atoms with Gasteiger partial charge in [-0.3, -0.25) is 0 Å². The molecule has 0 radical (unpaired) electrons. The lowest BCUT2D eigenvalue weighted by molar-refractivity contribution is 0.589. The summed E-state index contributed by atoms with van der Waals surface area (Å²) in [6, 6.07) is 14.0. The van der Waals surface area contributed by atoms with Crippen LogP contribution in [0.15, 0.2) is 36.4 Å². The highest BCUT2D eigenvalue weighted by Gasteiger charge is 2.28. The lowest BCUT2D eigenvalue weighted by Gasteiger charge is -2.21. The number of rotatable bonds is 0. The molecule has 0 amide bonds. The Labute approximate surface area is 137 Å². The molecule has 1 unspecified atom stereocenters. The van der Waals surface area contributed by atoms with Gasteiger partial charge in [-0.1, -0.05) is 77.9 Å². The van der Waals surface area contributed by atoms with Crippen molar-refractivity contribution in [1.29, 1.82) is 0 Å². The van der Waals surface area contributed by atoms with E-state index in [1.54, 1.807) is 0 Å². The Bertz CT molecular complexity index is 663. The summed E-state index contributed by atoms with van der Waals surface area (Å²) in [7, 11) is 3.06. The first kappa shape index (κ1) is 15.8. The van der Waals surface area contributed by atoms with E-state index >= 15 is 0 Å². The molecule has 2 aromatic rings. The van der Waals surface area contributed by atoms with Crippen LogP contribution in [-0.2, 0) is 10.8 Å². The van der Waals surface area contributed by atoms with Crippen molar-refractivity contribution in [3.8, 4) is 11.1 Å². The minimum absolute atomic E-state index is 0.199. The molecule has 0 N–H and O–H groups in total. The Morgan fingerprint density at radius 2 is 1.05 bits per heavy atom. The molecule has 0 heterocycles. The maximum atomic E-state index is 3.06. The fraction of sp³-hybridized carbons (Fsp3) is 0.429. The van der Waals surface area contributed by atoms with Crippen molar-refractivity contribution in [2.45, 2.75) is 58.0 Å². The maximum absolute atomic E-state index is 3.06. The van der Waals surface area contributed by atoms with E-state index in [1.807, 2.05) is 0 Å². The Hall–Kier alpha value is -1.13. The monoisotopic (exact) mass is 310 g/mol. The molecule has 0 nitrogen and oxygen atoms in total. The molecule has 0 aromatic heterocycles. The normalized spacial score (nSPS) is 14.9. The van der Waals surface area contributed by atoms with Crippen LogP contribution in [0.25, 0.3) is 11.1 Å². The molecule has 0 saturated heterocycles. The molecule has 116 valence electrons. The van der Waals surface area contributed by atoms with Crippen molar-refractivity contribution in [2.24, 2.45) is 0 Å². The van der Waals surface area contributed by atoms with Gasteiger partial charge in [0.15, 0.2) is 0 Å². The van der Waals surface area contributed by atoms with Crippen LogP contribution in [-0.4, -0.2) is 0 Å². The van der Waals surface area contributed by atoms with Gasteiger partial charge in [0.2, 0.25) is 0 Å². The summed E-state index contributed by atoms with van der Waals surface area (Å²) in [6.45, 7) is 13.7. The van der Waals surface area contributed by atoms with E-state index < -0.39 is 0 Å². The van der Waals surface area contributed by atoms with Crippen molar-refractivity contribution >= 4 is 9.24 Å². The van der Waals surface area contributed by atoms with Gasteiger partial charge in [0.25, 0.3) is 0 Å². The Kier molecular flexibility index (Phi) is 3.53. The quantitative estimate of drug-likeness (QED) is 0.506. The summed E-state index contributed by atoms with van der Waals surface area (Å²) in [4.78, 5) is 0. The van der Waals surface area contributed by atoms with Crippen molar-refractivity contribution in [3.05, 3.63) is 58.7 Å². The largest absolute Gasteiger partial charge is 0.125 e. The van der Waals surface area contributed by atoms with Crippen LogP contribution in [0.1, 0.15) is 69.5 Å². The van der Waals surface area contributed by atoms with E-state index in [0.29, 0.717) is 5.66 Å². The van der Waals surface area contributed by atoms with E-state index in [9.17, 15) is 0 Å². The minimum atomic E-state index is 0.199. The van der Waals surface area contributed by atoms with Gasteiger partial charge in [-0.05, 0) is 44.2 Å². The third-order valence-electron chi connectivity index (χ3n) is 4.80. The highest BCUT2D eigenvalue weighted by molar-refractivity contribution is 7.17. The van der Waals surface area contributed by atoms with Crippen molar-refractivity contribution in [2.75, 3.05) is 0 Å². The second kappa shape index (κ2) is 4.93. The molecule has 2 aromatic carbocycles. The summed E-state index contributed by atoms with van der Waals surface area (Å²) in [6.07, 6.45) is 0. The molecule has 0 spiro atoms. The molecule has 1 aliphatic rings. The van der Waals surface area contributed by atoms with Gasteiger partial charge in [-0.25, -0.2) is 0 Å². The number of hydrogen-bond acceptors (Lipinski definition) is 0. The fourth-order valence-corrected chi connectivity index (χ4v) is 3.78. The summed E-state index contributed by atoms with van der Waals surface area (Å²) in [5.41, 5.74) is 9.37. The van der Waals surface area contributed by atoms with Crippen LogP contribution in [0.3, 0.4) is 0 Å². The minimum Gasteiger partial charge on any atom is -0.125 e. The van der Waals surface area contributed by atoms with Crippen molar-refractivity contribution in [3.63, 3.8) is 0 Å². The first-order chi connectivity index (χ1) is 10.1. The predicted octanol–water partition coefficient (Wildman–Crippen LogP) is 6.23. The molecule has 0 aliphatic heterocycles.